The van der Waals surface area contributed by atoms with Gasteiger partial charge in [0.05, 0.1) is 0 Å². The number of ether oxygens (including phenoxy) is 1. The third kappa shape index (κ3) is 3.80. The quantitative estimate of drug-likeness (QED) is 0.896. The van der Waals surface area contributed by atoms with Crippen LogP contribution < -0.4 is 10.1 Å². The number of hydrogen-bond donors (Lipinski definition) is 1. The second kappa shape index (κ2) is 6.26. The first kappa shape index (κ1) is 13.5. The number of aryl methyl sites for hydroxylation is 1. The molecule has 0 aliphatic rings. The Morgan fingerprint density at radius 2 is 2.06 bits per heavy atom. The Morgan fingerprint density at radius 1 is 1.38 bits per heavy atom. The molecule has 90 valence electrons. The Hall–Kier alpha value is -0.540. The Balaban J connectivity index is 2.73. The molecule has 0 aromatic heterocycles. The fourth-order valence-electron chi connectivity index (χ4n) is 1.48. The van der Waals surface area contributed by atoms with Crippen molar-refractivity contribution in [3.05, 3.63) is 28.2 Å². The van der Waals surface area contributed by atoms with E-state index in [4.69, 9.17) is 4.74 Å². The molecule has 0 heterocycles. The monoisotopic (exact) mass is 285 g/mol. The lowest BCUT2D eigenvalue weighted by Gasteiger charge is -2.22. The van der Waals surface area contributed by atoms with Gasteiger partial charge in [-0.3, -0.25) is 0 Å². The average molecular weight is 286 g/mol. The van der Waals surface area contributed by atoms with Crippen molar-refractivity contribution < 1.29 is 4.74 Å². The van der Waals surface area contributed by atoms with Crippen LogP contribution in [0.1, 0.15) is 19.4 Å². The van der Waals surface area contributed by atoms with Crippen molar-refractivity contribution in [2.24, 2.45) is 5.92 Å². The Labute approximate surface area is 107 Å². The summed E-state index contributed by atoms with van der Waals surface area (Å²) in [6.07, 6.45) is 0.213. The smallest absolute Gasteiger partial charge is 0.120 e. The van der Waals surface area contributed by atoms with Gasteiger partial charge >= 0.3 is 0 Å². The fourth-order valence-corrected chi connectivity index (χ4v) is 1.73. The maximum absolute atomic E-state index is 5.97. The lowest BCUT2D eigenvalue weighted by Crippen LogP contribution is -2.33. The van der Waals surface area contributed by atoms with Crippen LogP contribution in [-0.4, -0.2) is 19.7 Å². The van der Waals surface area contributed by atoms with E-state index in [2.05, 4.69) is 48.1 Å². The van der Waals surface area contributed by atoms with Crippen LogP contribution in [0.5, 0.6) is 5.75 Å². The van der Waals surface area contributed by atoms with Gasteiger partial charge in [0.2, 0.25) is 0 Å². The molecule has 0 spiro atoms. The highest BCUT2D eigenvalue weighted by molar-refractivity contribution is 9.10. The van der Waals surface area contributed by atoms with Gasteiger partial charge in [0.25, 0.3) is 0 Å². The van der Waals surface area contributed by atoms with Gasteiger partial charge in [-0.1, -0.05) is 29.8 Å². The third-order valence-electron chi connectivity index (χ3n) is 2.57. The van der Waals surface area contributed by atoms with Crippen molar-refractivity contribution in [2.45, 2.75) is 26.9 Å². The minimum Gasteiger partial charge on any atom is -0.489 e. The van der Waals surface area contributed by atoms with Crippen molar-refractivity contribution in [3.63, 3.8) is 0 Å². The number of halogens is 1. The molecule has 2 nitrogen and oxygen atoms in total. The topological polar surface area (TPSA) is 21.3 Å². The van der Waals surface area contributed by atoms with Crippen molar-refractivity contribution in [1.82, 2.24) is 5.32 Å². The van der Waals surface area contributed by atoms with Gasteiger partial charge in [0, 0.05) is 11.0 Å². The molecule has 1 aromatic rings. The summed E-state index contributed by atoms with van der Waals surface area (Å²) in [6.45, 7) is 7.29. The summed E-state index contributed by atoms with van der Waals surface area (Å²) in [4.78, 5) is 0. The van der Waals surface area contributed by atoms with Gasteiger partial charge < -0.3 is 10.1 Å². The van der Waals surface area contributed by atoms with Crippen LogP contribution in [0.25, 0.3) is 0 Å². The summed E-state index contributed by atoms with van der Waals surface area (Å²) < 4.78 is 7.09. The highest BCUT2D eigenvalue weighted by atomic mass is 79.9. The zero-order valence-corrected chi connectivity index (χ0v) is 12.0. The van der Waals surface area contributed by atoms with Gasteiger partial charge in [-0.25, -0.2) is 0 Å². The molecule has 3 heteroatoms. The molecule has 0 aliphatic carbocycles. The normalized spacial score (nSPS) is 12.9. The molecule has 0 bridgehead atoms. The molecule has 1 rings (SSSR count). The molecular weight excluding hydrogens is 266 g/mol. The van der Waals surface area contributed by atoms with Crippen LogP contribution in [0, 0.1) is 12.8 Å². The molecule has 1 aromatic carbocycles. The van der Waals surface area contributed by atoms with E-state index in [1.807, 2.05) is 19.2 Å². The van der Waals surface area contributed by atoms with Gasteiger partial charge in [-0.2, -0.15) is 0 Å². The minimum atomic E-state index is 0.213. The van der Waals surface area contributed by atoms with Gasteiger partial charge in [0.15, 0.2) is 0 Å². The number of likely N-dealkylation sites (N-methyl/N-ethyl adjacent to an activating group) is 1. The molecule has 0 amide bonds. The first-order chi connectivity index (χ1) is 7.54. The highest BCUT2D eigenvalue weighted by Gasteiger charge is 2.14. The van der Waals surface area contributed by atoms with E-state index >= 15 is 0 Å². The third-order valence-corrected chi connectivity index (χ3v) is 3.46. The van der Waals surface area contributed by atoms with Gasteiger partial charge in [-0.05, 0) is 43.7 Å². The standard InChI is InChI=1S/C13H20BrNO/c1-9(2)13(8-15-4)16-11-5-6-12(14)10(3)7-11/h5-7,9,13,15H,8H2,1-4H3. The van der Waals surface area contributed by atoms with E-state index < -0.39 is 0 Å². The average Bonchev–Trinajstić information content (AvgIpc) is 2.22. The van der Waals surface area contributed by atoms with Crippen LogP contribution in [0.15, 0.2) is 22.7 Å². The van der Waals surface area contributed by atoms with Crippen molar-refractivity contribution in [3.8, 4) is 5.75 Å². The first-order valence-electron chi connectivity index (χ1n) is 5.62. The summed E-state index contributed by atoms with van der Waals surface area (Å²) in [6, 6.07) is 6.10. The predicted molar refractivity (Wildman–Crippen MR) is 72.1 cm³/mol. The van der Waals surface area contributed by atoms with E-state index in [9.17, 15) is 0 Å². The van der Waals surface area contributed by atoms with Crippen LogP contribution in [0.4, 0.5) is 0 Å². The largest absolute Gasteiger partial charge is 0.489 e. The SMILES string of the molecule is CNCC(Oc1ccc(Br)c(C)c1)C(C)C. The van der Waals surface area contributed by atoms with Gasteiger partial charge in [0.1, 0.15) is 11.9 Å². The lowest BCUT2D eigenvalue weighted by atomic mass is 10.1. The second-order valence-electron chi connectivity index (χ2n) is 4.37. The zero-order chi connectivity index (χ0) is 12.1. The van der Waals surface area contributed by atoms with E-state index in [-0.39, 0.29) is 6.10 Å². The number of nitrogens with one attached hydrogen (secondary N) is 1. The summed E-state index contributed by atoms with van der Waals surface area (Å²) in [5, 5.41) is 3.16. The summed E-state index contributed by atoms with van der Waals surface area (Å²) in [5.41, 5.74) is 1.20. The van der Waals surface area contributed by atoms with E-state index in [0.29, 0.717) is 5.92 Å². The van der Waals surface area contributed by atoms with E-state index in [1.54, 1.807) is 0 Å². The lowest BCUT2D eigenvalue weighted by molar-refractivity contribution is 0.151. The van der Waals surface area contributed by atoms with Crippen molar-refractivity contribution >= 4 is 15.9 Å². The predicted octanol–water partition coefficient (Wildman–Crippen LogP) is 3.38. The molecule has 0 radical (unpaired) electrons. The maximum atomic E-state index is 5.97. The first-order valence-corrected chi connectivity index (χ1v) is 6.41. The molecule has 1 N–H and O–H groups in total. The molecule has 16 heavy (non-hydrogen) atoms. The van der Waals surface area contributed by atoms with Crippen LogP contribution in [0.2, 0.25) is 0 Å². The maximum Gasteiger partial charge on any atom is 0.120 e. The van der Waals surface area contributed by atoms with Crippen molar-refractivity contribution in [1.29, 1.82) is 0 Å². The molecule has 0 saturated heterocycles. The molecular formula is C13H20BrNO. The molecule has 0 saturated carbocycles. The molecule has 1 atom stereocenters. The van der Waals surface area contributed by atoms with Crippen LogP contribution in [0.3, 0.4) is 0 Å². The minimum absolute atomic E-state index is 0.213. The Kier molecular flexibility index (Phi) is 5.29. The summed E-state index contributed by atoms with van der Waals surface area (Å²) in [5.74, 6) is 1.44. The van der Waals surface area contributed by atoms with Gasteiger partial charge in [-0.15, -0.1) is 0 Å². The number of rotatable bonds is 5. The van der Waals surface area contributed by atoms with Crippen LogP contribution >= 0.6 is 15.9 Å². The molecule has 0 aliphatic heterocycles. The second-order valence-corrected chi connectivity index (χ2v) is 5.22. The summed E-state index contributed by atoms with van der Waals surface area (Å²) in [7, 11) is 1.95. The number of benzene rings is 1. The van der Waals surface area contributed by atoms with Crippen LogP contribution in [-0.2, 0) is 0 Å². The molecule has 0 fully saturated rings. The fraction of sp³-hybridized carbons (Fsp3) is 0.538. The summed E-state index contributed by atoms with van der Waals surface area (Å²) >= 11 is 3.49. The number of hydrogen-bond acceptors (Lipinski definition) is 2. The van der Waals surface area contributed by atoms with Crippen molar-refractivity contribution in [2.75, 3.05) is 13.6 Å². The van der Waals surface area contributed by atoms with E-state index in [1.165, 1.54) is 5.56 Å². The zero-order valence-electron chi connectivity index (χ0n) is 10.4. The highest BCUT2D eigenvalue weighted by Crippen LogP contribution is 2.23. The van der Waals surface area contributed by atoms with E-state index in [0.717, 1.165) is 16.8 Å². The molecule has 1 unspecified atom stereocenters. The Morgan fingerprint density at radius 3 is 2.56 bits per heavy atom. The Bertz CT molecular complexity index is 339.